The molecule has 42 heavy (non-hydrogen) atoms. The number of aromatic nitrogens is 3. The SMILES string of the molecule is NC(=O)CCC(NC(=O)C(CC(N)=O)NC(=O)C(N)Cc1c[nH]c2ccccc12)C(=O)NC(Cc1cnc[nH]1)C(=O)O. The number of nitrogens with two attached hydrogens (primary N) is 3. The number of hydrogen-bond acceptors (Lipinski definition) is 8. The second-order valence-electron chi connectivity index (χ2n) is 9.65. The smallest absolute Gasteiger partial charge is 0.326 e. The molecule has 16 nitrogen and oxygen atoms in total. The number of aromatic amines is 2. The number of nitrogens with zero attached hydrogens (tertiary/aromatic N) is 1. The van der Waals surface area contributed by atoms with E-state index in [1.165, 1.54) is 12.5 Å². The highest BCUT2D eigenvalue weighted by Crippen LogP contribution is 2.18. The molecule has 2 aromatic heterocycles. The first-order valence-corrected chi connectivity index (χ1v) is 12.9. The summed E-state index contributed by atoms with van der Waals surface area (Å²) in [6.07, 6.45) is 3.15. The van der Waals surface area contributed by atoms with Crippen molar-refractivity contribution >= 4 is 46.4 Å². The highest BCUT2D eigenvalue weighted by Gasteiger charge is 2.31. The van der Waals surface area contributed by atoms with E-state index in [2.05, 4.69) is 30.9 Å². The number of aliphatic carboxylic acids is 1. The van der Waals surface area contributed by atoms with E-state index >= 15 is 0 Å². The third-order valence-electron chi connectivity index (χ3n) is 6.40. The summed E-state index contributed by atoms with van der Waals surface area (Å²) >= 11 is 0. The maximum Gasteiger partial charge on any atom is 0.326 e. The van der Waals surface area contributed by atoms with Crippen LogP contribution in [0.5, 0.6) is 0 Å². The fraction of sp³-hybridized carbons (Fsp3) is 0.346. The van der Waals surface area contributed by atoms with Crippen molar-refractivity contribution < 1.29 is 33.9 Å². The standard InChI is InChI=1S/C26H33N9O7/c27-16(7-13-10-31-17-4-2-1-3-15(13)17)23(38)34-19(9-22(29)37)25(40)33-18(5-6-21(28)36)24(39)35-20(26(41)42)8-14-11-30-12-32-14/h1-4,10-12,16,18-20,31H,5-9,27H2,(H2,28,36)(H2,29,37)(H,30,32)(H,33,40)(H,34,38)(H,35,39)(H,41,42). The van der Waals surface area contributed by atoms with Crippen molar-refractivity contribution in [2.24, 2.45) is 17.2 Å². The predicted octanol–water partition coefficient (Wildman–Crippen LogP) is -2.32. The summed E-state index contributed by atoms with van der Waals surface area (Å²) in [6.45, 7) is 0. The molecule has 1 aromatic carbocycles. The fourth-order valence-electron chi connectivity index (χ4n) is 4.24. The van der Waals surface area contributed by atoms with Gasteiger partial charge in [-0.15, -0.1) is 0 Å². The molecule has 224 valence electrons. The molecule has 3 rings (SSSR count). The number of carbonyl (C=O) groups is 6. The number of carbonyl (C=O) groups excluding carboxylic acids is 5. The molecule has 4 unspecified atom stereocenters. The van der Waals surface area contributed by atoms with E-state index in [1.807, 2.05) is 24.3 Å². The number of carboxylic acids is 1. The number of rotatable bonds is 16. The number of carboxylic acid groups (broad SMARTS) is 1. The van der Waals surface area contributed by atoms with Crippen molar-refractivity contribution in [3.8, 4) is 0 Å². The third kappa shape index (κ3) is 8.88. The Hall–Kier alpha value is -5.25. The van der Waals surface area contributed by atoms with Crippen LogP contribution in [0.3, 0.4) is 0 Å². The zero-order valence-corrected chi connectivity index (χ0v) is 22.5. The molecule has 0 bridgehead atoms. The number of benzene rings is 1. The maximum absolute atomic E-state index is 13.2. The number of nitrogens with one attached hydrogen (secondary N) is 5. The molecule has 0 spiro atoms. The highest BCUT2D eigenvalue weighted by atomic mass is 16.4. The normalized spacial score (nSPS) is 13.8. The van der Waals surface area contributed by atoms with Gasteiger partial charge in [-0.1, -0.05) is 18.2 Å². The number of H-pyrrole nitrogens is 2. The van der Waals surface area contributed by atoms with E-state index in [-0.39, 0.29) is 25.7 Å². The molecule has 3 aromatic rings. The minimum absolute atomic E-state index is 0.108. The predicted molar refractivity (Wildman–Crippen MR) is 148 cm³/mol. The molecule has 0 aliphatic heterocycles. The first kappa shape index (κ1) is 31.3. The van der Waals surface area contributed by atoms with Crippen molar-refractivity contribution in [2.45, 2.75) is 56.3 Å². The largest absolute Gasteiger partial charge is 0.480 e. The topological polar surface area (TPSA) is 281 Å². The van der Waals surface area contributed by atoms with Crippen LogP contribution >= 0.6 is 0 Å². The zero-order valence-electron chi connectivity index (χ0n) is 22.5. The van der Waals surface area contributed by atoms with Crippen LogP contribution in [0, 0.1) is 0 Å². The summed E-state index contributed by atoms with van der Waals surface area (Å²) in [5.41, 5.74) is 18.6. The molecule has 0 saturated heterocycles. The number of hydrogen-bond donors (Lipinski definition) is 9. The van der Waals surface area contributed by atoms with Crippen LogP contribution in [0.1, 0.15) is 30.5 Å². The number of para-hydroxylation sites is 1. The average molecular weight is 584 g/mol. The molecule has 0 aliphatic rings. The Morgan fingerprint density at radius 1 is 0.857 bits per heavy atom. The Bertz CT molecular complexity index is 1440. The van der Waals surface area contributed by atoms with Gasteiger partial charge in [-0.2, -0.15) is 0 Å². The van der Waals surface area contributed by atoms with Gasteiger partial charge in [0.15, 0.2) is 0 Å². The Morgan fingerprint density at radius 2 is 1.52 bits per heavy atom. The number of fused-ring (bicyclic) bond motifs is 1. The molecule has 0 radical (unpaired) electrons. The highest BCUT2D eigenvalue weighted by molar-refractivity contribution is 5.96. The second kappa shape index (κ2) is 14.4. The lowest BCUT2D eigenvalue weighted by Gasteiger charge is -2.24. The molecule has 5 amide bonds. The van der Waals surface area contributed by atoms with Crippen LogP contribution in [-0.4, -0.2) is 79.7 Å². The van der Waals surface area contributed by atoms with E-state index < -0.39 is 66.1 Å². The second-order valence-corrected chi connectivity index (χ2v) is 9.65. The third-order valence-corrected chi connectivity index (χ3v) is 6.40. The van der Waals surface area contributed by atoms with Crippen molar-refractivity contribution in [3.63, 3.8) is 0 Å². The van der Waals surface area contributed by atoms with Gasteiger partial charge in [-0.25, -0.2) is 9.78 Å². The van der Waals surface area contributed by atoms with E-state index in [9.17, 15) is 33.9 Å². The van der Waals surface area contributed by atoms with Gasteiger partial charge in [0.1, 0.15) is 18.1 Å². The van der Waals surface area contributed by atoms with Gasteiger partial charge in [-0.3, -0.25) is 24.0 Å². The number of primary amides is 2. The van der Waals surface area contributed by atoms with Gasteiger partial charge in [0.25, 0.3) is 0 Å². The van der Waals surface area contributed by atoms with Gasteiger partial charge in [0, 0.05) is 41.8 Å². The summed E-state index contributed by atoms with van der Waals surface area (Å²) < 4.78 is 0. The van der Waals surface area contributed by atoms with Crippen molar-refractivity contribution in [3.05, 3.63) is 54.2 Å². The lowest BCUT2D eigenvalue weighted by molar-refractivity contribution is -0.142. The maximum atomic E-state index is 13.2. The van der Waals surface area contributed by atoms with Crippen LogP contribution in [0.15, 0.2) is 43.0 Å². The van der Waals surface area contributed by atoms with Crippen molar-refractivity contribution in [2.75, 3.05) is 0 Å². The van der Waals surface area contributed by atoms with Gasteiger partial charge in [0.2, 0.25) is 29.5 Å². The molecule has 0 saturated carbocycles. The average Bonchev–Trinajstić information content (AvgIpc) is 3.59. The summed E-state index contributed by atoms with van der Waals surface area (Å²) in [7, 11) is 0. The monoisotopic (exact) mass is 583 g/mol. The zero-order chi connectivity index (χ0) is 30.8. The Balaban J connectivity index is 1.71. The Kier molecular flexibility index (Phi) is 10.7. The molecule has 12 N–H and O–H groups in total. The first-order valence-electron chi connectivity index (χ1n) is 12.9. The van der Waals surface area contributed by atoms with Gasteiger partial charge >= 0.3 is 5.97 Å². The van der Waals surface area contributed by atoms with Gasteiger partial charge < -0.3 is 48.2 Å². The molecule has 4 atom stereocenters. The molecule has 16 heteroatoms. The quantitative estimate of drug-likeness (QED) is 0.0874. The van der Waals surface area contributed by atoms with Crippen LogP contribution in [0.2, 0.25) is 0 Å². The lowest BCUT2D eigenvalue weighted by Crippen LogP contribution is -2.58. The van der Waals surface area contributed by atoms with Crippen molar-refractivity contribution in [1.29, 1.82) is 0 Å². The summed E-state index contributed by atoms with van der Waals surface area (Å²) in [6, 6.07) is 1.91. The van der Waals surface area contributed by atoms with Crippen LogP contribution in [0.25, 0.3) is 10.9 Å². The molecular formula is C26H33N9O7. The molecule has 0 fully saturated rings. The Morgan fingerprint density at radius 3 is 2.17 bits per heavy atom. The lowest BCUT2D eigenvalue weighted by atomic mass is 10.0. The first-order chi connectivity index (χ1) is 19.9. The number of imidazole rings is 1. The minimum atomic E-state index is -1.52. The Labute approximate surface area is 239 Å². The minimum Gasteiger partial charge on any atom is -0.480 e. The van der Waals surface area contributed by atoms with Crippen LogP contribution in [-0.2, 0) is 41.6 Å². The van der Waals surface area contributed by atoms with E-state index in [4.69, 9.17) is 17.2 Å². The molecule has 2 heterocycles. The summed E-state index contributed by atoms with van der Waals surface area (Å²) in [5.74, 6) is -5.74. The van der Waals surface area contributed by atoms with Crippen molar-refractivity contribution in [1.82, 2.24) is 30.9 Å². The number of amides is 5. The van der Waals surface area contributed by atoms with Gasteiger partial charge in [0.05, 0.1) is 18.8 Å². The fourth-order valence-corrected chi connectivity index (χ4v) is 4.24. The van der Waals surface area contributed by atoms with E-state index in [1.54, 1.807) is 6.20 Å². The summed E-state index contributed by atoms with van der Waals surface area (Å²) in [4.78, 5) is 83.6. The van der Waals surface area contributed by atoms with Gasteiger partial charge in [-0.05, 0) is 24.5 Å². The molecular weight excluding hydrogens is 550 g/mol. The van der Waals surface area contributed by atoms with E-state index in [0.717, 1.165) is 16.5 Å². The van der Waals surface area contributed by atoms with Crippen LogP contribution in [0.4, 0.5) is 0 Å². The molecule has 0 aliphatic carbocycles. The van der Waals surface area contributed by atoms with E-state index in [0.29, 0.717) is 5.69 Å². The van der Waals surface area contributed by atoms with Crippen LogP contribution < -0.4 is 33.2 Å². The summed E-state index contributed by atoms with van der Waals surface area (Å²) in [5, 5.41) is 17.5.